The van der Waals surface area contributed by atoms with Gasteiger partial charge in [-0.25, -0.2) is 0 Å². The van der Waals surface area contributed by atoms with Crippen LogP contribution >= 0.6 is 11.6 Å². The summed E-state index contributed by atoms with van der Waals surface area (Å²) in [5.74, 6) is 0. The Labute approximate surface area is 122 Å². The Bertz CT molecular complexity index is 578. The molecule has 1 aromatic heterocycles. The Kier molecular flexibility index (Phi) is 3.80. The maximum Gasteiger partial charge on any atom is 0.297 e. The van der Waals surface area contributed by atoms with E-state index in [0.29, 0.717) is 12.6 Å². The summed E-state index contributed by atoms with van der Waals surface area (Å²) in [6.45, 7) is 3.91. The number of nitrogens with two attached hydrogens (primary N) is 1. The first-order chi connectivity index (χ1) is 9.78. The maximum atomic E-state index is 6.23. The smallest absolute Gasteiger partial charge is 0.297 e. The summed E-state index contributed by atoms with van der Waals surface area (Å²) in [6, 6.07) is 8.59. The van der Waals surface area contributed by atoms with Crippen molar-refractivity contribution in [2.75, 3.05) is 36.0 Å². The van der Waals surface area contributed by atoms with Crippen molar-refractivity contribution in [2.45, 2.75) is 6.54 Å². The molecule has 1 aliphatic heterocycles. The monoisotopic (exact) mass is 292 g/mol. The highest BCUT2D eigenvalue weighted by Gasteiger charge is 2.21. The summed E-state index contributed by atoms with van der Waals surface area (Å²) in [4.78, 5) is 8.77. The van der Waals surface area contributed by atoms with Crippen molar-refractivity contribution in [2.24, 2.45) is 5.73 Å². The van der Waals surface area contributed by atoms with Crippen LogP contribution in [-0.2, 0) is 6.54 Å². The van der Waals surface area contributed by atoms with Gasteiger partial charge in [-0.15, -0.1) is 0 Å². The van der Waals surface area contributed by atoms with Crippen LogP contribution in [0.25, 0.3) is 0 Å². The van der Waals surface area contributed by atoms with E-state index < -0.39 is 0 Å². The van der Waals surface area contributed by atoms with Crippen molar-refractivity contribution in [3.05, 3.63) is 41.2 Å². The van der Waals surface area contributed by atoms with Gasteiger partial charge in [0.15, 0.2) is 0 Å². The zero-order chi connectivity index (χ0) is 13.9. The minimum absolute atomic E-state index is 0.406. The van der Waals surface area contributed by atoms with E-state index in [9.17, 15) is 0 Å². The predicted octanol–water partition coefficient (Wildman–Crippen LogP) is 2.11. The van der Waals surface area contributed by atoms with Gasteiger partial charge in [0.25, 0.3) is 6.01 Å². The molecule has 0 amide bonds. The van der Waals surface area contributed by atoms with E-state index in [2.05, 4.69) is 20.9 Å². The summed E-state index contributed by atoms with van der Waals surface area (Å²) in [6.07, 6.45) is 1.62. The number of hydrogen-bond donors (Lipinski definition) is 1. The van der Waals surface area contributed by atoms with E-state index in [1.165, 1.54) is 0 Å². The van der Waals surface area contributed by atoms with Crippen LogP contribution in [0.15, 0.2) is 34.9 Å². The van der Waals surface area contributed by atoms with Crippen LogP contribution < -0.4 is 15.5 Å². The molecule has 3 rings (SSSR count). The summed E-state index contributed by atoms with van der Waals surface area (Å²) >= 11 is 6.23. The lowest BCUT2D eigenvalue weighted by molar-refractivity contribution is 0.516. The Morgan fingerprint density at radius 2 is 1.85 bits per heavy atom. The topological polar surface area (TPSA) is 58.5 Å². The van der Waals surface area contributed by atoms with E-state index in [4.69, 9.17) is 21.8 Å². The first kappa shape index (κ1) is 13.3. The lowest BCUT2D eigenvalue weighted by atomic mass is 10.2. The molecule has 2 N–H and O–H groups in total. The van der Waals surface area contributed by atoms with Gasteiger partial charge in [-0.1, -0.05) is 23.7 Å². The molecule has 1 aliphatic rings. The number of aromatic nitrogens is 1. The Morgan fingerprint density at radius 3 is 2.50 bits per heavy atom. The number of halogens is 1. The van der Waals surface area contributed by atoms with Crippen molar-refractivity contribution >= 4 is 23.3 Å². The first-order valence-electron chi connectivity index (χ1n) is 6.67. The standard InChI is InChI=1S/C14H17ClN4O/c15-12-3-1-2-4-13(12)18-5-7-19(8-6-18)14-17-11(9-16)10-20-14/h1-4,10H,5-9,16H2. The summed E-state index contributed by atoms with van der Waals surface area (Å²) in [7, 11) is 0. The molecule has 5 nitrogen and oxygen atoms in total. The van der Waals surface area contributed by atoms with Crippen molar-refractivity contribution in [3.8, 4) is 0 Å². The molecule has 106 valence electrons. The van der Waals surface area contributed by atoms with Gasteiger partial charge >= 0.3 is 0 Å². The van der Waals surface area contributed by atoms with Gasteiger partial charge in [0.05, 0.1) is 16.4 Å². The molecule has 0 aliphatic carbocycles. The van der Waals surface area contributed by atoms with Crippen molar-refractivity contribution < 1.29 is 4.42 Å². The quantitative estimate of drug-likeness (QED) is 0.939. The van der Waals surface area contributed by atoms with Gasteiger partial charge in [0.2, 0.25) is 0 Å². The number of anilines is 2. The summed E-state index contributed by atoms with van der Waals surface area (Å²) in [5, 5.41) is 0.794. The van der Waals surface area contributed by atoms with Gasteiger partial charge in [-0.2, -0.15) is 4.98 Å². The Morgan fingerprint density at radius 1 is 1.15 bits per heavy atom. The SMILES string of the molecule is NCc1coc(N2CCN(c3ccccc3Cl)CC2)n1. The van der Waals surface area contributed by atoms with Crippen LogP contribution in [0, 0.1) is 0 Å². The molecule has 20 heavy (non-hydrogen) atoms. The number of oxazole rings is 1. The van der Waals surface area contributed by atoms with Crippen LogP contribution in [0.5, 0.6) is 0 Å². The zero-order valence-electron chi connectivity index (χ0n) is 11.1. The van der Waals surface area contributed by atoms with E-state index in [-0.39, 0.29) is 0 Å². The zero-order valence-corrected chi connectivity index (χ0v) is 11.9. The van der Waals surface area contributed by atoms with Crippen LogP contribution in [0.1, 0.15) is 5.69 Å². The normalized spacial score (nSPS) is 15.7. The number of benzene rings is 1. The molecule has 1 aromatic carbocycles. The Hall–Kier alpha value is -1.72. The van der Waals surface area contributed by atoms with Crippen molar-refractivity contribution in [1.29, 1.82) is 0 Å². The molecule has 2 heterocycles. The fourth-order valence-corrected chi connectivity index (χ4v) is 2.64. The molecule has 2 aromatic rings. The molecule has 0 bridgehead atoms. The third-order valence-electron chi connectivity index (χ3n) is 3.49. The molecular formula is C14H17ClN4O. The third kappa shape index (κ3) is 2.59. The fourth-order valence-electron chi connectivity index (χ4n) is 2.38. The van der Waals surface area contributed by atoms with Gasteiger partial charge < -0.3 is 20.0 Å². The van der Waals surface area contributed by atoms with Gasteiger partial charge in [0.1, 0.15) is 6.26 Å². The number of para-hydroxylation sites is 1. The largest absolute Gasteiger partial charge is 0.432 e. The van der Waals surface area contributed by atoms with Gasteiger partial charge in [0, 0.05) is 32.7 Å². The highest BCUT2D eigenvalue weighted by molar-refractivity contribution is 6.33. The molecule has 1 fully saturated rings. The lowest BCUT2D eigenvalue weighted by Gasteiger charge is -2.35. The number of hydrogen-bond acceptors (Lipinski definition) is 5. The number of nitrogens with zero attached hydrogens (tertiary/aromatic N) is 3. The fraction of sp³-hybridized carbons (Fsp3) is 0.357. The Balaban J connectivity index is 1.66. The first-order valence-corrected chi connectivity index (χ1v) is 7.04. The minimum atomic E-state index is 0.406. The number of rotatable bonds is 3. The summed E-state index contributed by atoms with van der Waals surface area (Å²) < 4.78 is 5.45. The van der Waals surface area contributed by atoms with Crippen LogP contribution in [0.2, 0.25) is 5.02 Å². The second kappa shape index (κ2) is 5.73. The van der Waals surface area contributed by atoms with E-state index in [1.807, 2.05) is 18.2 Å². The minimum Gasteiger partial charge on any atom is -0.432 e. The van der Waals surface area contributed by atoms with E-state index in [1.54, 1.807) is 6.26 Å². The average molecular weight is 293 g/mol. The van der Waals surface area contributed by atoms with Crippen LogP contribution in [0.3, 0.4) is 0 Å². The molecule has 6 heteroatoms. The highest BCUT2D eigenvalue weighted by Crippen LogP contribution is 2.26. The predicted molar refractivity (Wildman–Crippen MR) is 80.3 cm³/mol. The number of piperazine rings is 1. The van der Waals surface area contributed by atoms with Crippen LogP contribution in [-0.4, -0.2) is 31.2 Å². The van der Waals surface area contributed by atoms with E-state index in [0.717, 1.165) is 42.6 Å². The highest BCUT2D eigenvalue weighted by atomic mass is 35.5. The molecular weight excluding hydrogens is 276 g/mol. The lowest BCUT2D eigenvalue weighted by Crippen LogP contribution is -2.46. The molecule has 0 atom stereocenters. The second-order valence-corrected chi connectivity index (χ2v) is 5.16. The third-order valence-corrected chi connectivity index (χ3v) is 3.81. The van der Waals surface area contributed by atoms with Gasteiger partial charge in [-0.05, 0) is 12.1 Å². The molecule has 0 spiro atoms. The maximum absolute atomic E-state index is 6.23. The molecule has 1 saturated heterocycles. The second-order valence-electron chi connectivity index (χ2n) is 4.75. The van der Waals surface area contributed by atoms with E-state index >= 15 is 0 Å². The van der Waals surface area contributed by atoms with Crippen LogP contribution in [0.4, 0.5) is 11.7 Å². The molecule has 0 unspecified atom stereocenters. The molecule has 0 saturated carbocycles. The average Bonchev–Trinajstić information content (AvgIpc) is 2.97. The van der Waals surface area contributed by atoms with Crippen molar-refractivity contribution in [1.82, 2.24) is 4.98 Å². The van der Waals surface area contributed by atoms with Crippen molar-refractivity contribution in [3.63, 3.8) is 0 Å². The van der Waals surface area contributed by atoms with Gasteiger partial charge in [-0.3, -0.25) is 0 Å². The molecule has 0 radical (unpaired) electrons. The summed E-state index contributed by atoms with van der Waals surface area (Å²) in [5.41, 5.74) is 7.42.